The van der Waals surface area contributed by atoms with Gasteiger partial charge in [0.05, 0.1) is 0 Å². The van der Waals surface area contributed by atoms with Gasteiger partial charge in [0.2, 0.25) is 0 Å². The molecular weight excluding hydrogens is 216 g/mol. The SMILES string of the molecule is C[C@@H](N)Cc1ccc(N)cc1Br. The quantitative estimate of drug-likeness (QED) is 0.761. The van der Waals surface area contributed by atoms with Crippen LogP contribution in [0.3, 0.4) is 0 Å². The monoisotopic (exact) mass is 228 g/mol. The highest BCUT2D eigenvalue weighted by molar-refractivity contribution is 9.10. The van der Waals surface area contributed by atoms with E-state index in [1.165, 1.54) is 5.56 Å². The van der Waals surface area contributed by atoms with Crippen LogP contribution < -0.4 is 11.5 Å². The molecule has 0 amide bonds. The summed E-state index contributed by atoms with van der Waals surface area (Å²) in [5.41, 5.74) is 13.3. The van der Waals surface area contributed by atoms with Crippen LogP contribution in [0.2, 0.25) is 0 Å². The van der Waals surface area contributed by atoms with E-state index in [-0.39, 0.29) is 6.04 Å². The van der Waals surface area contributed by atoms with Gasteiger partial charge in [-0.05, 0) is 31.0 Å². The van der Waals surface area contributed by atoms with Crippen molar-refractivity contribution in [2.75, 3.05) is 5.73 Å². The summed E-state index contributed by atoms with van der Waals surface area (Å²) in [5.74, 6) is 0. The Morgan fingerprint density at radius 1 is 1.50 bits per heavy atom. The number of hydrogen-bond acceptors (Lipinski definition) is 2. The van der Waals surface area contributed by atoms with Gasteiger partial charge >= 0.3 is 0 Å². The maximum absolute atomic E-state index is 5.68. The molecule has 0 bridgehead atoms. The molecule has 4 N–H and O–H groups in total. The predicted octanol–water partition coefficient (Wildman–Crippen LogP) is 1.92. The topological polar surface area (TPSA) is 52.0 Å². The third-order valence-corrected chi connectivity index (χ3v) is 2.36. The van der Waals surface area contributed by atoms with E-state index >= 15 is 0 Å². The molecule has 2 nitrogen and oxygen atoms in total. The first kappa shape index (κ1) is 9.55. The van der Waals surface area contributed by atoms with Gasteiger partial charge in [-0.25, -0.2) is 0 Å². The molecule has 1 aromatic carbocycles. The summed E-state index contributed by atoms with van der Waals surface area (Å²) in [6.45, 7) is 1.99. The van der Waals surface area contributed by atoms with E-state index in [1.54, 1.807) is 0 Å². The first-order valence-corrected chi connectivity index (χ1v) is 4.68. The van der Waals surface area contributed by atoms with Crippen LogP contribution in [0, 0.1) is 0 Å². The van der Waals surface area contributed by atoms with E-state index in [2.05, 4.69) is 15.9 Å². The average molecular weight is 229 g/mol. The first-order valence-electron chi connectivity index (χ1n) is 3.89. The summed E-state index contributed by atoms with van der Waals surface area (Å²) >= 11 is 3.44. The summed E-state index contributed by atoms with van der Waals surface area (Å²) in [6.07, 6.45) is 0.876. The van der Waals surface area contributed by atoms with Gasteiger partial charge < -0.3 is 11.5 Å². The Morgan fingerprint density at radius 2 is 2.17 bits per heavy atom. The molecule has 66 valence electrons. The Hall–Kier alpha value is -0.540. The number of nitrogen functional groups attached to an aromatic ring is 1. The lowest BCUT2D eigenvalue weighted by Gasteiger charge is -2.07. The van der Waals surface area contributed by atoms with Crippen molar-refractivity contribution in [1.29, 1.82) is 0 Å². The maximum Gasteiger partial charge on any atom is 0.0325 e. The van der Waals surface area contributed by atoms with Crippen LogP contribution in [-0.2, 0) is 6.42 Å². The average Bonchev–Trinajstić information content (AvgIpc) is 1.94. The van der Waals surface area contributed by atoms with Crippen molar-refractivity contribution in [2.24, 2.45) is 5.73 Å². The lowest BCUT2D eigenvalue weighted by Crippen LogP contribution is -2.17. The van der Waals surface area contributed by atoms with E-state index in [4.69, 9.17) is 11.5 Å². The summed E-state index contributed by atoms with van der Waals surface area (Å²) in [5, 5.41) is 0. The second-order valence-electron chi connectivity index (χ2n) is 3.03. The van der Waals surface area contributed by atoms with Crippen LogP contribution in [0.25, 0.3) is 0 Å². The fourth-order valence-corrected chi connectivity index (χ4v) is 1.63. The van der Waals surface area contributed by atoms with Gasteiger partial charge in [-0.1, -0.05) is 22.0 Å². The van der Waals surface area contributed by atoms with Crippen molar-refractivity contribution in [3.63, 3.8) is 0 Å². The van der Waals surface area contributed by atoms with E-state index < -0.39 is 0 Å². The molecule has 1 aromatic rings. The minimum atomic E-state index is 0.185. The number of anilines is 1. The first-order chi connectivity index (χ1) is 5.59. The van der Waals surface area contributed by atoms with Crippen LogP contribution in [0.4, 0.5) is 5.69 Å². The second-order valence-corrected chi connectivity index (χ2v) is 3.89. The molecule has 0 aliphatic heterocycles. The molecule has 0 saturated heterocycles. The molecule has 0 fully saturated rings. The second kappa shape index (κ2) is 3.92. The standard InChI is InChI=1S/C9H13BrN2/c1-6(11)4-7-2-3-8(12)5-9(7)10/h2-3,5-6H,4,11-12H2,1H3/t6-/m1/s1. The van der Waals surface area contributed by atoms with Crippen molar-refractivity contribution in [1.82, 2.24) is 0 Å². The maximum atomic E-state index is 5.68. The molecule has 0 unspecified atom stereocenters. The molecule has 3 heteroatoms. The summed E-state index contributed by atoms with van der Waals surface area (Å²) < 4.78 is 1.04. The van der Waals surface area contributed by atoms with Gasteiger partial charge in [0.1, 0.15) is 0 Å². The van der Waals surface area contributed by atoms with Crippen LogP contribution in [0.1, 0.15) is 12.5 Å². The summed E-state index contributed by atoms with van der Waals surface area (Å²) in [7, 11) is 0. The number of nitrogens with two attached hydrogens (primary N) is 2. The highest BCUT2D eigenvalue weighted by Gasteiger charge is 2.02. The van der Waals surface area contributed by atoms with Crippen molar-refractivity contribution >= 4 is 21.6 Å². The smallest absolute Gasteiger partial charge is 0.0325 e. The van der Waals surface area contributed by atoms with E-state index in [1.807, 2.05) is 25.1 Å². The third kappa shape index (κ3) is 2.50. The minimum Gasteiger partial charge on any atom is -0.399 e. The van der Waals surface area contributed by atoms with Gasteiger partial charge in [-0.2, -0.15) is 0 Å². The van der Waals surface area contributed by atoms with E-state index in [0.29, 0.717) is 0 Å². The molecular formula is C9H13BrN2. The highest BCUT2D eigenvalue weighted by atomic mass is 79.9. The van der Waals surface area contributed by atoms with Gasteiger partial charge in [-0.15, -0.1) is 0 Å². The van der Waals surface area contributed by atoms with Gasteiger partial charge in [-0.3, -0.25) is 0 Å². The van der Waals surface area contributed by atoms with Crippen molar-refractivity contribution in [3.8, 4) is 0 Å². The molecule has 1 rings (SSSR count). The van der Waals surface area contributed by atoms with Crippen LogP contribution in [0.5, 0.6) is 0 Å². The van der Waals surface area contributed by atoms with Gasteiger partial charge in [0.25, 0.3) is 0 Å². The molecule has 0 saturated carbocycles. The third-order valence-electron chi connectivity index (χ3n) is 1.62. The normalized spacial score (nSPS) is 12.9. The van der Waals surface area contributed by atoms with Crippen LogP contribution >= 0.6 is 15.9 Å². The number of halogens is 1. The van der Waals surface area contributed by atoms with E-state index in [0.717, 1.165) is 16.6 Å². The Bertz CT molecular complexity index is 271. The summed E-state index contributed by atoms with van der Waals surface area (Å²) in [4.78, 5) is 0. The molecule has 1 atom stereocenters. The molecule has 0 heterocycles. The molecule has 0 radical (unpaired) electrons. The fraction of sp³-hybridized carbons (Fsp3) is 0.333. The zero-order chi connectivity index (χ0) is 9.14. The van der Waals surface area contributed by atoms with Crippen molar-refractivity contribution in [2.45, 2.75) is 19.4 Å². The van der Waals surface area contributed by atoms with Crippen molar-refractivity contribution < 1.29 is 0 Å². The highest BCUT2D eigenvalue weighted by Crippen LogP contribution is 2.20. The lowest BCUT2D eigenvalue weighted by atomic mass is 10.1. The minimum absolute atomic E-state index is 0.185. The van der Waals surface area contributed by atoms with Gasteiger partial charge in [0, 0.05) is 16.2 Å². The molecule has 0 aliphatic rings. The Morgan fingerprint density at radius 3 is 2.67 bits per heavy atom. The molecule has 0 aliphatic carbocycles. The Balaban J connectivity index is 2.86. The predicted molar refractivity (Wildman–Crippen MR) is 55.9 cm³/mol. The Kier molecular flexibility index (Phi) is 3.12. The zero-order valence-electron chi connectivity index (χ0n) is 7.05. The molecule has 0 spiro atoms. The molecule has 12 heavy (non-hydrogen) atoms. The lowest BCUT2D eigenvalue weighted by molar-refractivity contribution is 0.736. The van der Waals surface area contributed by atoms with Crippen LogP contribution in [0.15, 0.2) is 22.7 Å². The number of benzene rings is 1. The van der Waals surface area contributed by atoms with Crippen molar-refractivity contribution in [3.05, 3.63) is 28.2 Å². The largest absolute Gasteiger partial charge is 0.399 e. The number of hydrogen-bond donors (Lipinski definition) is 2. The van der Waals surface area contributed by atoms with Gasteiger partial charge in [0.15, 0.2) is 0 Å². The van der Waals surface area contributed by atoms with E-state index in [9.17, 15) is 0 Å². The molecule has 0 aromatic heterocycles. The van der Waals surface area contributed by atoms with Crippen LogP contribution in [-0.4, -0.2) is 6.04 Å². The fourth-order valence-electron chi connectivity index (χ4n) is 1.08. The number of rotatable bonds is 2. The summed E-state index contributed by atoms with van der Waals surface area (Å²) in [6, 6.07) is 5.98. The zero-order valence-corrected chi connectivity index (χ0v) is 8.64. The Labute approximate surface area is 81.1 Å².